The van der Waals surface area contributed by atoms with Gasteiger partial charge >= 0.3 is 0 Å². The maximum atomic E-state index is 11.8. The molecule has 168 valence electrons. The molecule has 0 aliphatic heterocycles. The van der Waals surface area contributed by atoms with Crippen LogP contribution in [0.25, 0.3) is 0 Å². The van der Waals surface area contributed by atoms with E-state index >= 15 is 0 Å². The maximum absolute atomic E-state index is 11.8. The molecule has 0 saturated heterocycles. The van der Waals surface area contributed by atoms with E-state index in [1.165, 1.54) is 11.8 Å². The Labute approximate surface area is 180 Å². The van der Waals surface area contributed by atoms with Crippen LogP contribution >= 0.6 is 20.2 Å². The Bertz CT molecular complexity index is 386. The Kier molecular flexibility index (Phi) is 15.3. The highest BCUT2D eigenvalue weighted by Gasteiger charge is 2.34. The van der Waals surface area contributed by atoms with Crippen molar-refractivity contribution >= 4 is 25.3 Å². The number of hydrogen-bond donors (Lipinski definition) is 0. The van der Waals surface area contributed by atoms with Crippen LogP contribution in [0.1, 0.15) is 75.7 Å². The van der Waals surface area contributed by atoms with Gasteiger partial charge in [-0.15, -0.1) is 0 Å². The number of hydrogen-bond acceptors (Lipinski definition) is 6. The minimum absolute atomic E-state index is 0.132. The van der Waals surface area contributed by atoms with Gasteiger partial charge in [-0.2, -0.15) is 0 Å². The lowest BCUT2D eigenvalue weighted by Crippen LogP contribution is -2.43. The van der Waals surface area contributed by atoms with Crippen LogP contribution in [0.4, 0.5) is 0 Å². The summed E-state index contributed by atoms with van der Waals surface area (Å²) < 4.78 is 17.1. The van der Waals surface area contributed by atoms with E-state index in [0.29, 0.717) is 49.7 Å². The van der Waals surface area contributed by atoms with Gasteiger partial charge in [0.2, 0.25) is 0 Å². The lowest BCUT2D eigenvalue weighted by atomic mass is 10.1. The Morgan fingerprint density at radius 2 is 1.29 bits per heavy atom. The molecule has 0 radical (unpaired) electrons. The normalized spacial score (nSPS) is 13.9. The van der Waals surface area contributed by atoms with Gasteiger partial charge in [-0.1, -0.05) is 25.6 Å². The van der Waals surface area contributed by atoms with Crippen molar-refractivity contribution in [2.75, 3.05) is 25.6 Å². The molecule has 0 bridgehead atoms. The number of carbonyl (C=O) groups excluding carboxylic acids is 1. The van der Waals surface area contributed by atoms with Crippen LogP contribution < -0.4 is 0 Å². The van der Waals surface area contributed by atoms with Gasteiger partial charge in [0.1, 0.15) is 0 Å². The van der Waals surface area contributed by atoms with Crippen molar-refractivity contribution < 1.29 is 14.1 Å². The topological polar surface area (TPSA) is 42.0 Å². The number of nitrogens with zero attached hydrogens (tertiary/aromatic N) is 2. The molecule has 0 heterocycles. The fourth-order valence-corrected chi connectivity index (χ4v) is 6.20. The number of thioether (sulfide) groups is 1. The highest BCUT2D eigenvalue weighted by molar-refractivity contribution is 8.13. The largest absolute Gasteiger partial charge is 0.378 e. The molecule has 1 unspecified atom stereocenters. The number of rotatable bonds is 15. The highest BCUT2D eigenvalue weighted by atomic mass is 32.2. The predicted octanol–water partition coefficient (Wildman–Crippen LogP) is 5.79. The molecular formula is C21H45N2O3PS. The van der Waals surface area contributed by atoms with E-state index in [4.69, 9.17) is 9.26 Å². The summed E-state index contributed by atoms with van der Waals surface area (Å²) in [6.07, 6.45) is 0.897. The monoisotopic (exact) mass is 436 g/mol. The molecule has 0 aromatic heterocycles. The maximum Gasteiger partial charge on any atom is 0.191 e. The average molecular weight is 437 g/mol. The van der Waals surface area contributed by atoms with E-state index in [9.17, 15) is 4.79 Å². The molecule has 0 aliphatic carbocycles. The van der Waals surface area contributed by atoms with Crippen molar-refractivity contribution in [3.63, 3.8) is 0 Å². The molecule has 0 spiro atoms. The Hall–Kier alpha value is 0.290. The second kappa shape index (κ2) is 15.1. The lowest BCUT2D eigenvalue weighted by Gasteiger charge is -2.45. The Morgan fingerprint density at radius 1 is 0.821 bits per heavy atom. The first-order chi connectivity index (χ1) is 13.0. The summed E-state index contributed by atoms with van der Waals surface area (Å²) in [7, 11) is -0.864. The molecular weight excluding hydrogens is 391 g/mol. The summed E-state index contributed by atoms with van der Waals surface area (Å²) in [6.45, 7) is 23.6. The van der Waals surface area contributed by atoms with E-state index in [-0.39, 0.29) is 11.0 Å². The summed E-state index contributed by atoms with van der Waals surface area (Å²) in [4.78, 5) is 11.8. The fraction of sp³-hybridized carbons (Fsp3) is 0.952. The van der Waals surface area contributed by atoms with Gasteiger partial charge in [0.05, 0.1) is 19.8 Å². The zero-order valence-electron chi connectivity index (χ0n) is 19.9. The minimum atomic E-state index is -0.864. The molecule has 0 aliphatic rings. The molecule has 0 aromatic rings. The Balaban J connectivity index is 4.63. The standard InChI is InChI=1S/C21H45N2O3PS/c1-11-20(10)21(24)28-15-14-25-12-13-26-27(22(16(2)3)17(4)5)23(18(6)7)19(8)9/h16-20H,11-15H2,1-10H3. The average Bonchev–Trinajstić information content (AvgIpc) is 2.58. The lowest BCUT2D eigenvalue weighted by molar-refractivity contribution is -0.114. The molecule has 0 saturated carbocycles. The van der Waals surface area contributed by atoms with Gasteiger partial charge < -0.3 is 9.26 Å². The first-order valence-electron chi connectivity index (χ1n) is 10.8. The summed E-state index contributed by atoms with van der Waals surface area (Å²) >= 11 is 1.38. The second-order valence-corrected chi connectivity index (χ2v) is 11.1. The predicted molar refractivity (Wildman–Crippen MR) is 125 cm³/mol. The quantitative estimate of drug-likeness (QED) is 0.239. The van der Waals surface area contributed by atoms with Gasteiger partial charge in [0, 0.05) is 35.8 Å². The third kappa shape index (κ3) is 10.4. The number of ether oxygens (including phenoxy) is 1. The molecule has 0 aromatic carbocycles. The van der Waals surface area contributed by atoms with Crippen LogP contribution in [0.15, 0.2) is 0 Å². The van der Waals surface area contributed by atoms with Gasteiger partial charge in [-0.05, 0) is 61.8 Å². The molecule has 7 heteroatoms. The van der Waals surface area contributed by atoms with Crippen molar-refractivity contribution in [3.8, 4) is 0 Å². The van der Waals surface area contributed by atoms with E-state index in [1.54, 1.807) is 0 Å². The van der Waals surface area contributed by atoms with Crippen LogP contribution in [0.2, 0.25) is 0 Å². The van der Waals surface area contributed by atoms with Crippen LogP contribution in [0.3, 0.4) is 0 Å². The SMILES string of the molecule is CCC(C)C(=O)SCCOCCOP(N(C(C)C)C(C)C)N(C(C)C)C(C)C. The third-order valence-electron chi connectivity index (χ3n) is 4.43. The van der Waals surface area contributed by atoms with Crippen molar-refractivity contribution in [2.24, 2.45) is 5.92 Å². The van der Waals surface area contributed by atoms with Crippen LogP contribution in [0, 0.1) is 5.92 Å². The molecule has 0 amide bonds. The Morgan fingerprint density at radius 3 is 1.68 bits per heavy atom. The number of carbonyl (C=O) groups is 1. The fourth-order valence-electron chi connectivity index (χ4n) is 3.03. The van der Waals surface area contributed by atoms with Crippen LogP contribution in [0.5, 0.6) is 0 Å². The molecule has 0 rings (SSSR count). The first-order valence-corrected chi connectivity index (χ1v) is 12.9. The summed E-state index contributed by atoms with van der Waals surface area (Å²) in [5, 5.41) is 0.264. The van der Waals surface area contributed by atoms with Gasteiger partial charge in [-0.25, -0.2) is 9.34 Å². The summed E-state index contributed by atoms with van der Waals surface area (Å²) in [6, 6.07) is 1.65. The first kappa shape index (κ1) is 28.3. The van der Waals surface area contributed by atoms with Crippen LogP contribution in [-0.2, 0) is 14.1 Å². The van der Waals surface area contributed by atoms with E-state index < -0.39 is 8.45 Å². The second-order valence-electron chi connectivity index (χ2n) is 8.31. The van der Waals surface area contributed by atoms with Gasteiger partial charge in [-0.3, -0.25) is 4.79 Å². The summed E-state index contributed by atoms with van der Waals surface area (Å²) in [5.74, 6) is 0.847. The van der Waals surface area contributed by atoms with Crippen molar-refractivity contribution in [3.05, 3.63) is 0 Å². The molecule has 28 heavy (non-hydrogen) atoms. The third-order valence-corrected chi connectivity index (χ3v) is 8.54. The zero-order valence-corrected chi connectivity index (χ0v) is 21.6. The highest BCUT2D eigenvalue weighted by Crippen LogP contribution is 2.50. The molecule has 1 atom stereocenters. The van der Waals surface area contributed by atoms with E-state index in [1.807, 2.05) is 13.8 Å². The van der Waals surface area contributed by atoms with Crippen LogP contribution in [-0.4, -0.2) is 64.2 Å². The van der Waals surface area contributed by atoms with Crippen molar-refractivity contribution in [2.45, 2.75) is 99.8 Å². The van der Waals surface area contributed by atoms with Gasteiger partial charge in [0.25, 0.3) is 0 Å². The van der Waals surface area contributed by atoms with Crippen molar-refractivity contribution in [1.29, 1.82) is 0 Å². The molecule has 0 fully saturated rings. The minimum Gasteiger partial charge on any atom is -0.378 e. The zero-order chi connectivity index (χ0) is 21.9. The van der Waals surface area contributed by atoms with Crippen molar-refractivity contribution in [1.82, 2.24) is 9.34 Å². The smallest absolute Gasteiger partial charge is 0.191 e. The molecule has 5 nitrogen and oxygen atoms in total. The summed E-state index contributed by atoms with van der Waals surface area (Å²) in [5.41, 5.74) is 0. The van der Waals surface area contributed by atoms with Gasteiger partial charge in [0.15, 0.2) is 13.6 Å². The van der Waals surface area contributed by atoms with E-state index in [2.05, 4.69) is 64.7 Å². The van der Waals surface area contributed by atoms with E-state index in [0.717, 1.165) is 6.42 Å². The molecule has 0 N–H and O–H groups in total.